The van der Waals surface area contributed by atoms with E-state index >= 15 is 0 Å². The molecule has 8 heteroatoms. The van der Waals surface area contributed by atoms with Gasteiger partial charge < -0.3 is 23.7 Å². The first-order chi connectivity index (χ1) is 19.5. The summed E-state index contributed by atoms with van der Waals surface area (Å²) in [5.41, 5.74) is 2.08. The molecule has 1 aliphatic rings. The maximum Gasteiger partial charge on any atom is 0.340 e. The highest BCUT2D eigenvalue weighted by atomic mass is 16.5. The number of nitrogens with one attached hydrogen (secondary N) is 1. The highest BCUT2D eigenvalue weighted by Crippen LogP contribution is 2.46. The summed E-state index contributed by atoms with van der Waals surface area (Å²) in [6, 6.07) is 24.4. The summed E-state index contributed by atoms with van der Waals surface area (Å²) in [6.07, 6.45) is 0. The molecule has 4 aromatic rings. The smallest absolute Gasteiger partial charge is 0.340 e. The summed E-state index contributed by atoms with van der Waals surface area (Å²) in [5.74, 6) is -0.181. The third-order valence-corrected chi connectivity index (χ3v) is 6.75. The van der Waals surface area contributed by atoms with Crippen LogP contribution in [0.25, 0.3) is 10.8 Å². The lowest BCUT2D eigenvalue weighted by Gasteiger charge is -2.31. The first-order valence-electron chi connectivity index (χ1n) is 12.8. The van der Waals surface area contributed by atoms with Gasteiger partial charge in [-0.05, 0) is 41.5 Å². The number of benzene rings is 4. The molecule has 0 saturated carbocycles. The zero-order valence-corrected chi connectivity index (χ0v) is 22.6. The first kappa shape index (κ1) is 26.6. The standard InChI is InChI=1S/C32H29NO7/c1-5-39-32(35)28-26(20-12-7-6-8-13-20)27-22-14-10-9-11-19(22)15-16-23(27)40-31(28)33-30(34)21-17-24(36-2)29(38-4)25(18-21)37-3/h6-18,26H,5H2,1-4H3,(H,33,34). The number of amides is 1. The largest absolute Gasteiger partial charge is 0.493 e. The molecule has 204 valence electrons. The number of ether oxygens (including phenoxy) is 5. The molecule has 5 rings (SSSR count). The fourth-order valence-electron chi connectivity index (χ4n) is 4.98. The summed E-state index contributed by atoms with van der Waals surface area (Å²) < 4.78 is 28.0. The van der Waals surface area contributed by atoms with Gasteiger partial charge >= 0.3 is 5.97 Å². The average Bonchev–Trinajstić information content (AvgIpc) is 2.99. The summed E-state index contributed by atoms with van der Waals surface area (Å²) in [7, 11) is 4.42. The number of hydrogen-bond acceptors (Lipinski definition) is 7. The molecule has 0 spiro atoms. The van der Waals surface area contributed by atoms with Crippen LogP contribution in [0, 0.1) is 0 Å². The van der Waals surface area contributed by atoms with Crippen LogP contribution in [0.5, 0.6) is 23.0 Å². The fourth-order valence-corrected chi connectivity index (χ4v) is 4.98. The molecule has 1 aliphatic heterocycles. The molecule has 1 heterocycles. The third kappa shape index (κ3) is 4.80. The number of fused-ring (bicyclic) bond motifs is 3. The van der Waals surface area contributed by atoms with E-state index in [9.17, 15) is 9.59 Å². The monoisotopic (exact) mass is 539 g/mol. The van der Waals surface area contributed by atoms with Crippen LogP contribution >= 0.6 is 0 Å². The quantitative estimate of drug-likeness (QED) is 0.292. The van der Waals surface area contributed by atoms with E-state index in [2.05, 4.69) is 5.32 Å². The Bertz CT molecular complexity index is 1590. The van der Waals surface area contributed by atoms with Crippen molar-refractivity contribution >= 4 is 22.6 Å². The Morgan fingerprint density at radius 1 is 0.850 bits per heavy atom. The lowest BCUT2D eigenvalue weighted by atomic mass is 9.80. The van der Waals surface area contributed by atoms with Gasteiger partial charge in [0, 0.05) is 11.1 Å². The molecule has 8 nitrogen and oxygen atoms in total. The van der Waals surface area contributed by atoms with Gasteiger partial charge in [0.1, 0.15) is 11.3 Å². The van der Waals surface area contributed by atoms with E-state index < -0.39 is 17.8 Å². The lowest BCUT2D eigenvalue weighted by Crippen LogP contribution is -2.34. The molecular weight excluding hydrogens is 510 g/mol. The summed E-state index contributed by atoms with van der Waals surface area (Å²) in [6.45, 7) is 1.89. The number of carbonyl (C=O) groups excluding carboxylic acids is 2. The van der Waals surface area contributed by atoms with E-state index in [1.165, 1.54) is 33.5 Å². The van der Waals surface area contributed by atoms with E-state index in [-0.39, 0.29) is 23.6 Å². The van der Waals surface area contributed by atoms with Crippen molar-refractivity contribution in [2.24, 2.45) is 0 Å². The van der Waals surface area contributed by atoms with Crippen molar-refractivity contribution in [1.29, 1.82) is 0 Å². The van der Waals surface area contributed by atoms with Gasteiger partial charge in [0.2, 0.25) is 11.6 Å². The molecule has 1 amide bonds. The van der Waals surface area contributed by atoms with E-state index in [1.807, 2.05) is 66.7 Å². The van der Waals surface area contributed by atoms with Crippen LogP contribution in [-0.2, 0) is 9.53 Å². The number of rotatable bonds is 8. The summed E-state index contributed by atoms with van der Waals surface area (Å²) in [5, 5.41) is 4.75. The second-order valence-corrected chi connectivity index (χ2v) is 8.98. The van der Waals surface area contributed by atoms with Gasteiger partial charge in [-0.2, -0.15) is 0 Å². The highest BCUT2D eigenvalue weighted by molar-refractivity contribution is 6.00. The van der Waals surface area contributed by atoms with E-state index in [0.29, 0.717) is 23.0 Å². The Balaban J connectivity index is 1.69. The summed E-state index contributed by atoms with van der Waals surface area (Å²) in [4.78, 5) is 27.2. The van der Waals surface area contributed by atoms with Crippen LogP contribution in [0.2, 0.25) is 0 Å². The zero-order chi connectivity index (χ0) is 28.2. The molecule has 0 aliphatic carbocycles. The van der Waals surface area contributed by atoms with Crippen LogP contribution in [0.3, 0.4) is 0 Å². The third-order valence-electron chi connectivity index (χ3n) is 6.75. The molecule has 0 saturated heterocycles. The van der Waals surface area contributed by atoms with Crippen molar-refractivity contribution in [3.05, 3.63) is 107 Å². The highest BCUT2D eigenvalue weighted by Gasteiger charge is 2.38. The van der Waals surface area contributed by atoms with Crippen LogP contribution in [0.15, 0.2) is 90.3 Å². The number of esters is 1. The van der Waals surface area contributed by atoms with Crippen molar-refractivity contribution in [3.8, 4) is 23.0 Å². The maximum absolute atomic E-state index is 13.6. The van der Waals surface area contributed by atoms with E-state index in [1.54, 1.807) is 6.92 Å². The summed E-state index contributed by atoms with van der Waals surface area (Å²) >= 11 is 0. The van der Waals surface area contributed by atoms with Crippen molar-refractivity contribution in [2.45, 2.75) is 12.8 Å². The molecule has 1 unspecified atom stereocenters. The van der Waals surface area contributed by atoms with Crippen molar-refractivity contribution in [3.63, 3.8) is 0 Å². The van der Waals surface area contributed by atoms with Gasteiger partial charge in [0.25, 0.3) is 5.91 Å². The molecule has 0 radical (unpaired) electrons. The van der Waals surface area contributed by atoms with Gasteiger partial charge in [-0.1, -0.05) is 60.7 Å². The van der Waals surface area contributed by atoms with Crippen molar-refractivity contribution in [2.75, 3.05) is 27.9 Å². The Morgan fingerprint density at radius 3 is 2.17 bits per heavy atom. The van der Waals surface area contributed by atoms with Gasteiger partial charge in [0.05, 0.1) is 33.9 Å². The minimum atomic E-state index is -0.588. The lowest BCUT2D eigenvalue weighted by molar-refractivity contribution is -0.139. The van der Waals surface area contributed by atoms with Crippen LogP contribution < -0.4 is 24.3 Å². The second kappa shape index (κ2) is 11.4. The molecule has 1 atom stereocenters. The van der Waals surface area contributed by atoms with Crippen LogP contribution in [-0.4, -0.2) is 39.8 Å². The Hall–Kier alpha value is -4.98. The van der Waals surface area contributed by atoms with Gasteiger partial charge in [-0.25, -0.2) is 4.79 Å². The minimum absolute atomic E-state index is 0.00571. The molecule has 1 N–H and O–H groups in total. The Labute approximate surface area is 232 Å². The predicted octanol–water partition coefficient (Wildman–Crippen LogP) is 5.59. The molecular formula is C32H29NO7. The van der Waals surface area contributed by atoms with Crippen LogP contribution in [0.1, 0.15) is 34.3 Å². The van der Waals surface area contributed by atoms with Crippen molar-refractivity contribution < 1.29 is 33.3 Å². The number of hydrogen-bond donors (Lipinski definition) is 1. The van der Waals surface area contributed by atoms with Gasteiger partial charge in [0.15, 0.2) is 11.5 Å². The maximum atomic E-state index is 13.6. The Kier molecular flexibility index (Phi) is 7.59. The predicted molar refractivity (Wildman–Crippen MR) is 150 cm³/mol. The van der Waals surface area contributed by atoms with E-state index in [4.69, 9.17) is 23.7 Å². The molecule has 0 fully saturated rings. The topological polar surface area (TPSA) is 92.3 Å². The molecule has 40 heavy (non-hydrogen) atoms. The van der Waals surface area contributed by atoms with E-state index in [0.717, 1.165) is 21.9 Å². The normalized spacial score (nSPS) is 14.2. The SMILES string of the molecule is CCOC(=O)C1=C(NC(=O)c2cc(OC)c(OC)c(OC)c2)Oc2ccc3ccccc3c2C1c1ccccc1. The fraction of sp³-hybridized carbons (Fsp3) is 0.188. The Morgan fingerprint density at radius 2 is 1.52 bits per heavy atom. The number of carbonyl (C=O) groups is 2. The average molecular weight is 540 g/mol. The van der Waals surface area contributed by atoms with Crippen LogP contribution in [0.4, 0.5) is 0 Å². The first-order valence-corrected chi connectivity index (χ1v) is 12.8. The van der Waals surface area contributed by atoms with Crippen molar-refractivity contribution in [1.82, 2.24) is 5.32 Å². The minimum Gasteiger partial charge on any atom is -0.493 e. The second-order valence-electron chi connectivity index (χ2n) is 8.98. The van der Waals surface area contributed by atoms with Gasteiger partial charge in [-0.15, -0.1) is 0 Å². The molecule has 0 bridgehead atoms. The molecule has 0 aromatic heterocycles. The number of methoxy groups -OCH3 is 3. The molecule has 4 aromatic carbocycles. The zero-order valence-electron chi connectivity index (χ0n) is 22.6. The van der Waals surface area contributed by atoms with Gasteiger partial charge in [-0.3, -0.25) is 10.1 Å².